The summed E-state index contributed by atoms with van der Waals surface area (Å²) in [6.07, 6.45) is 2.09. The van der Waals surface area contributed by atoms with Crippen LogP contribution in [0.3, 0.4) is 0 Å². The van der Waals surface area contributed by atoms with Gasteiger partial charge in [0.05, 0.1) is 18.8 Å². The number of hydrogen-bond acceptors (Lipinski definition) is 3. The van der Waals surface area contributed by atoms with Gasteiger partial charge in [0.25, 0.3) is 0 Å². The summed E-state index contributed by atoms with van der Waals surface area (Å²) in [6, 6.07) is 5.75. The molecular weight excluding hydrogens is 282 g/mol. The van der Waals surface area contributed by atoms with Gasteiger partial charge in [0.2, 0.25) is 0 Å². The molecule has 0 aliphatic carbocycles. The minimum atomic E-state index is -0.253. The number of methoxy groups -OCH3 is 1. The summed E-state index contributed by atoms with van der Waals surface area (Å²) < 4.78 is 11.9. The van der Waals surface area contributed by atoms with Crippen molar-refractivity contribution < 1.29 is 9.47 Å². The SMILES string of the molecule is COc1ccc(C(N)C2(C)CCCO2)c(Br)c1. The van der Waals surface area contributed by atoms with Crippen LogP contribution in [0.2, 0.25) is 0 Å². The highest BCUT2D eigenvalue weighted by atomic mass is 79.9. The smallest absolute Gasteiger partial charge is 0.120 e. The molecule has 0 saturated carbocycles. The van der Waals surface area contributed by atoms with Crippen molar-refractivity contribution in [1.82, 2.24) is 0 Å². The molecule has 0 aromatic heterocycles. The lowest BCUT2D eigenvalue weighted by molar-refractivity contribution is -0.00191. The standard InChI is InChI=1S/C13H18BrNO2/c1-13(6-3-7-17-13)12(15)10-5-4-9(16-2)8-11(10)14/h4-5,8,12H,3,6-7,15H2,1-2H3. The lowest BCUT2D eigenvalue weighted by Gasteiger charge is -2.31. The molecule has 2 unspecified atom stereocenters. The van der Waals surface area contributed by atoms with Gasteiger partial charge in [-0.15, -0.1) is 0 Å². The molecule has 1 heterocycles. The monoisotopic (exact) mass is 299 g/mol. The second kappa shape index (κ2) is 4.96. The van der Waals surface area contributed by atoms with E-state index in [-0.39, 0.29) is 11.6 Å². The normalized spacial score (nSPS) is 25.9. The summed E-state index contributed by atoms with van der Waals surface area (Å²) >= 11 is 3.54. The van der Waals surface area contributed by atoms with Crippen molar-refractivity contribution in [2.24, 2.45) is 5.73 Å². The number of nitrogens with two attached hydrogens (primary N) is 1. The van der Waals surface area contributed by atoms with E-state index >= 15 is 0 Å². The maximum atomic E-state index is 6.33. The van der Waals surface area contributed by atoms with Crippen LogP contribution < -0.4 is 10.5 Å². The van der Waals surface area contributed by atoms with Crippen molar-refractivity contribution in [2.75, 3.05) is 13.7 Å². The van der Waals surface area contributed by atoms with Gasteiger partial charge in [0.1, 0.15) is 5.75 Å². The first-order valence-electron chi connectivity index (χ1n) is 5.80. The van der Waals surface area contributed by atoms with Gasteiger partial charge >= 0.3 is 0 Å². The molecule has 0 spiro atoms. The summed E-state index contributed by atoms with van der Waals surface area (Å²) in [4.78, 5) is 0. The fraction of sp³-hybridized carbons (Fsp3) is 0.538. The molecule has 3 nitrogen and oxygen atoms in total. The Morgan fingerprint density at radius 3 is 2.82 bits per heavy atom. The van der Waals surface area contributed by atoms with Gasteiger partial charge in [0, 0.05) is 11.1 Å². The fourth-order valence-corrected chi connectivity index (χ4v) is 2.87. The van der Waals surface area contributed by atoms with Crippen LogP contribution in [-0.4, -0.2) is 19.3 Å². The van der Waals surface area contributed by atoms with Gasteiger partial charge < -0.3 is 15.2 Å². The van der Waals surface area contributed by atoms with Gasteiger partial charge in [-0.3, -0.25) is 0 Å². The molecule has 1 aliphatic heterocycles. The molecule has 1 aliphatic rings. The number of ether oxygens (including phenoxy) is 2. The van der Waals surface area contributed by atoms with Gasteiger partial charge in [-0.1, -0.05) is 22.0 Å². The van der Waals surface area contributed by atoms with E-state index in [1.165, 1.54) is 0 Å². The van der Waals surface area contributed by atoms with E-state index in [1.807, 2.05) is 18.2 Å². The summed E-state index contributed by atoms with van der Waals surface area (Å²) in [5.74, 6) is 0.824. The van der Waals surface area contributed by atoms with E-state index in [1.54, 1.807) is 7.11 Å². The average Bonchev–Trinajstić information content (AvgIpc) is 2.76. The summed E-state index contributed by atoms with van der Waals surface area (Å²) in [7, 11) is 1.66. The second-order valence-corrected chi connectivity index (χ2v) is 5.48. The predicted molar refractivity (Wildman–Crippen MR) is 71.2 cm³/mol. The molecule has 2 atom stereocenters. The lowest BCUT2D eigenvalue weighted by atomic mass is 9.88. The summed E-state index contributed by atoms with van der Waals surface area (Å²) in [5.41, 5.74) is 7.14. The Balaban J connectivity index is 2.27. The molecule has 17 heavy (non-hydrogen) atoms. The molecule has 0 bridgehead atoms. The van der Waals surface area contributed by atoms with Crippen molar-refractivity contribution in [3.05, 3.63) is 28.2 Å². The first kappa shape index (κ1) is 12.9. The van der Waals surface area contributed by atoms with E-state index in [9.17, 15) is 0 Å². The molecule has 0 radical (unpaired) electrons. The van der Waals surface area contributed by atoms with E-state index in [0.717, 1.165) is 35.2 Å². The van der Waals surface area contributed by atoms with E-state index in [2.05, 4.69) is 22.9 Å². The van der Waals surface area contributed by atoms with Gasteiger partial charge in [0.15, 0.2) is 0 Å². The Labute approximate surface area is 110 Å². The number of hydrogen-bond donors (Lipinski definition) is 1. The van der Waals surface area contributed by atoms with Crippen LogP contribution in [0, 0.1) is 0 Å². The van der Waals surface area contributed by atoms with Crippen LogP contribution in [0.15, 0.2) is 22.7 Å². The minimum absolute atomic E-state index is 0.120. The van der Waals surface area contributed by atoms with Crippen LogP contribution in [0.25, 0.3) is 0 Å². The quantitative estimate of drug-likeness (QED) is 0.933. The fourth-order valence-electron chi connectivity index (χ4n) is 2.26. The number of rotatable bonds is 3. The third-order valence-electron chi connectivity index (χ3n) is 3.45. The van der Waals surface area contributed by atoms with Crippen molar-refractivity contribution in [2.45, 2.75) is 31.4 Å². The van der Waals surface area contributed by atoms with E-state index in [0.29, 0.717) is 0 Å². The summed E-state index contributed by atoms with van der Waals surface area (Å²) in [6.45, 7) is 2.89. The zero-order valence-electron chi connectivity index (χ0n) is 10.2. The van der Waals surface area contributed by atoms with Gasteiger partial charge in [-0.05, 0) is 37.5 Å². The van der Waals surface area contributed by atoms with Crippen LogP contribution in [-0.2, 0) is 4.74 Å². The summed E-state index contributed by atoms with van der Waals surface area (Å²) in [5, 5.41) is 0. The van der Waals surface area contributed by atoms with Crippen molar-refractivity contribution >= 4 is 15.9 Å². The molecule has 94 valence electrons. The zero-order valence-corrected chi connectivity index (χ0v) is 11.8. The van der Waals surface area contributed by atoms with E-state index < -0.39 is 0 Å². The molecule has 1 fully saturated rings. The van der Waals surface area contributed by atoms with Crippen LogP contribution in [0.1, 0.15) is 31.4 Å². The van der Waals surface area contributed by atoms with E-state index in [4.69, 9.17) is 15.2 Å². The Morgan fingerprint density at radius 1 is 1.53 bits per heavy atom. The van der Waals surface area contributed by atoms with Crippen LogP contribution in [0.5, 0.6) is 5.75 Å². The Hall–Kier alpha value is -0.580. The largest absolute Gasteiger partial charge is 0.497 e. The minimum Gasteiger partial charge on any atom is -0.497 e. The lowest BCUT2D eigenvalue weighted by Crippen LogP contribution is -2.37. The maximum Gasteiger partial charge on any atom is 0.120 e. The molecule has 2 rings (SSSR count). The van der Waals surface area contributed by atoms with Gasteiger partial charge in [-0.25, -0.2) is 0 Å². The van der Waals surface area contributed by atoms with Crippen molar-refractivity contribution in [1.29, 1.82) is 0 Å². The number of benzene rings is 1. The first-order chi connectivity index (χ1) is 8.07. The van der Waals surface area contributed by atoms with Gasteiger partial charge in [-0.2, -0.15) is 0 Å². The zero-order chi connectivity index (χ0) is 12.5. The molecular formula is C13H18BrNO2. The highest BCUT2D eigenvalue weighted by Crippen LogP contribution is 2.39. The topological polar surface area (TPSA) is 44.5 Å². The molecule has 4 heteroatoms. The molecule has 2 N–H and O–H groups in total. The highest BCUT2D eigenvalue weighted by molar-refractivity contribution is 9.10. The van der Waals surface area contributed by atoms with Crippen molar-refractivity contribution in [3.8, 4) is 5.75 Å². The van der Waals surface area contributed by atoms with Crippen LogP contribution in [0.4, 0.5) is 0 Å². The first-order valence-corrected chi connectivity index (χ1v) is 6.59. The van der Waals surface area contributed by atoms with Crippen molar-refractivity contribution in [3.63, 3.8) is 0 Å². The average molecular weight is 300 g/mol. The highest BCUT2D eigenvalue weighted by Gasteiger charge is 2.37. The maximum absolute atomic E-state index is 6.33. The Bertz CT molecular complexity index is 402. The second-order valence-electron chi connectivity index (χ2n) is 4.63. The molecule has 0 amide bonds. The third-order valence-corrected chi connectivity index (χ3v) is 4.14. The molecule has 1 saturated heterocycles. The number of halogens is 1. The van der Waals surface area contributed by atoms with Crippen LogP contribution >= 0.6 is 15.9 Å². The molecule has 1 aromatic carbocycles. The predicted octanol–water partition coefficient (Wildman–Crippen LogP) is 3.03. The Morgan fingerprint density at radius 2 is 2.29 bits per heavy atom. The molecule has 1 aromatic rings. The third kappa shape index (κ3) is 2.49. The Kier molecular flexibility index (Phi) is 3.76.